The predicted molar refractivity (Wildman–Crippen MR) is 155 cm³/mol. The maximum atomic E-state index is 14.2. The van der Waals surface area contributed by atoms with Gasteiger partial charge in [-0.05, 0) is 97.9 Å². The Morgan fingerprint density at radius 2 is 1.70 bits per heavy atom. The molecule has 40 heavy (non-hydrogen) atoms. The van der Waals surface area contributed by atoms with Crippen LogP contribution >= 0.6 is 0 Å². The molecule has 0 unspecified atom stereocenters. The first kappa shape index (κ1) is 26.0. The molecule has 7 heteroatoms. The van der Waals surface area contributed by atoms with Gasteiger partial charge in [0.05, 0.1) is 22.7 Å². The molecule has 2 fully saturated rings. The van der Waals surface area contributed by atoms with E-state index in [0.29, 0.717) is 23.5 Å². The summed E-state index contributed by atoms with van der Waals surface area (Å²) in [7, 11) is 0. The van der Waals surface area contributed by atoms with Gasteiger partial charge < -0.3 is 15.1 Å². The summed E-state index contributed by atoms with van der Waals surface area (Å²) in [6.45, 7) is 4.39. The van der Waals surface area contributed by atoms with Crippen LogP contribution in [0.1, 0.15) is 47.2 Å². The molecule has 2 saturated heterocycles. The number of carbonyl (C=O) groups is 1. The number of pyridine rings is 1. The first-order chi connectivity index (χ1) is 19.6. The van der Waals surface area contributed by atoms with Gasteiger partial charge in [-0.15, -0.1) is 0 Å². The van der Waals surface area contributed by atoms with Crippen LogP contribution in [0.2, 0.25) is 0 Å². The minimum absolute atomic E-state index is 0.0379. The van der Waals surface area contributed by atoms with E-state index in [4.69, 9.17) is 4.98 Å². The maximum absolute atomic E-state index is 14.2. The van der Waals surface area contributed by atoms with Crippen LogP contribution in [0, 0.1) is 17.1 Å². The summed E-state index contributed by atoms with van der Waals surface area (Å²) >= 11 is 0. The zero-order valence-electron chi connectivity index (χ0n) is 22.4. The number of carbonyl (C=O) groups excluding carboxylic acids is 1. The molecule has 2 aliphatic heterocycles. The molecular formula is C33H32FN5O. The monoisotopic (exact) mass is 533 g/mol. The molecule has 0 radical (unpaired) electrons. The zero-order chi connectivity index (χ0) is 27.5. The van der Waals surface area contributed by atoms with E-state index in [9.17, 15) is 14.4 Å². The van der Waals surface area contributed by atoms with Crippen LogP contribution in [0.25, 0.3) is 22.0 Å². The molecule has 1 N–H and O–H groups in total. The molecule has 0 aliphatic carbocycles. The highest BCUT2D eigenvalue weighted by Crippen LogP contribution is 2.31. The Morgan fingerprint density at radius 1 is 0.950 bits per heavy atom. The van der Waals surface area contributed by atoms with Crippen molar-refractivity contribution in [3.63, 3.8) is 0 Å². The molecule has 0 saturated carbocycles. The van der Waals surface area contributed by atoms with Crippen molar-refractivity contribution in [2.24, 2.45) is 0 Å². The fourth-order valence-corrected chi connectivity index (χ4v) is 5.92. The molecule has 6 rings (SSSR count). The molecule has 1 atom stereocenters. The fourth-order valence-electron chi connectivity index (χ4n) is 5.92. The average molecular weight is 534 g/mol. The van der Waals surface area contributed by atoms with Gasteiger partial charge in [0.2, 0.25) is 0 Å². The number of halogens is 1. The maximum Gasteiger partial charge on any atom is 0.254 e. The number of aromatic nitrogens is 1. The van der Waals surface area contributed by atoms with Gasteiger partial charge in [-0.25, -0.2) is 9.37 Å². The van der Waals surface area contributed by atoms with Crippen LogP contribution in [0.15, 0.2) is 72.8 Å². The van der Waals surface area contributed by atoms with Crippen molar-refractivity contribution >= 4 is 22.6 Å². The third-order valence-electron chi connectivity index (χ3n) is 8.08. The SMILES string of the molecule is N#Cc1ccc(-c2ccc3nc(NCc4ccc(F)cc4)cc(C(=O)N4CCC[C@H]4CN4CCCC4)c3c2)cc1. The second-order valence-corrected chi connectivity index (χ2v) is 10.8. The molecule has 1 aromatic heterocycles. The summed E-state index contributed by atoms with van der Waals surface area (Å²) in [4.78, 5) is 23.6. The Labute approximate surface area is 234 Å². The lowest BCUT2D eigenvalue weighted by Gasteiger charge is -2.29. The summed E-state index contributed by atoms with van der Waals surface area (Å²) < 4.78 is 13.4. The van der Waals surface area contributed by atoms with E-state index in [2.05, 4.69) is 21.2 Å². The van der Waals surface area contributed by atoms with Crippen molar-refractivity contribution in [2.75, 3.05) is 31.5 Å². The molecule has 0 bridgehead atoms. The van der Waals surface area contributed by atoms with Gasteiger partial charge in [0.1, 0.15) is 11.6 Å². The van der Waals surface area contributed by atoms with Gasteiger partial charge in [-0.1, -0.05) is 30.3 Å². The van der Waals surface area contributed by atoms with Crippen molar-refractivity contribution in [3.8, 4) is 17.2 Å². The number of fused-ring (bicyclic) bond motifs is 1. The standard InChI is InChI=1S/C33H32FN5O/c34-27-12-7-24(8-13-27)21-36-32-19-30(33(40)39-17-3-4-28(39)22-38-15-1-2-16-38)29-18-26(11-14-31(29)37-32)25-9-5-23(20-35)6-10-25/h5-14,18-19,28H,1-4,15-17,21-22H2,(H,36,37)/t28-/m0/s1. The van der Waals surface area contributed by atoms with Crippen LogP contribution in [0.3, 0.4) is 0 Å². The summed E-state index contributed by atoms with van der Waals surface area (Å²) in [5.74, 6) is 0.380. The van der Waals surface area contributed by atoms with E-state index < -0.39 is 0 Å². The highest BCUT2D eigenvalue weighted by molar-refractivity contribution is 6.08. The van der Waals surface area contributed by atoms with E-state index in [0.717, 1.165) is 66.6 Å². The topological polar surface area (TPSA) is 72.3 Å². The molecule has 3 aromatic carbocycles. The van der Waals surface area contributed by atoms with Crippen LogP contribution in [-0.4, -0.2) is 52.9 Å². The van der Waals surface area contributed by atoms with Crippen molar-refractivity contribution in [2.45, 2.75) is 38.3 Å². The van der Waals surface area contributed by atoms with Gasteiger partial charge >= 0.3 is 0 Å². The molecule has 2 aliphatic rings. The van der Waals surface area contributed by atoms with E-state index in [1.165, 1.54) is 25.0 Å². The number of nitriles is 1. The molecule has 4 aromatic rings. The second-order valence-electron chi connectivity index (χ2n) is 10.8. The smallest absolute Gasteiger partial charge is 0.254 e. The lowest BCUT2D eigenvalue weighted by molar-refractivity contribution is 0.0710. The quantitative estimate of drug-likeness (QED) is 0.305. The Bertz CT molecular complexity index is 1560. The van der Waals surface area contributed by atoms with Crippen LogP contribution < -0.4 is 5.32 Å². The number of anilines is 1. The second kappa shape index (κ2) is 11.4. The highest BCUT2D eigenvalue weighted by Gasteiger charge is 2.32. The van der Waals surface area contributed by atoms with Gasteiger partial charge in [0.25, 0.3) is 5.91 Å². The first-order valence-electron chi connectivity index (χ1n) is 14.0. The summed E-state index contributed by atoms with van der Waals surface area (Å²) in [5.41, 5.74) is 4.85. The fraction of sp³-hybridized carbons (Fsp3) is 0.303. The molecule has 202 valence electrons. The van der Waals surface area contributed by atoms with Gasteiger partial charge in [0.15, 0.2) is 0 Å². The molecular weight excluding hydrogens is 501 g/mol. The predicted octanol–water partition coefficient (Wildman–Crippen LogP) is 6.23. The normalized spacial score (nSPS) is 17.3. The Kier molecular flexibility index (Phi) is 7.43. The minimum atomic E-state index is -0.271. The number of rotatable bonds is 7. The Morgan fingerprint density at radius 3 is 2.45 bits per heavy atom. The van der Waals surface area contributed by atoms with Crippen molar-refractivity contribution in [1.82, 2.24) is 14.8 Å². The molecule has 3 heterocycles. The minimum Gasteiger partial charge on any atom is -0.366 e. The van der Waals surface area contributed by atoms with Gasteiger partial charge in [-0.3, -0.25) is 4.79 Å². The van der Waals surface area contributed by atoms with Crippen molar-refractivity contribution in [3.05, 3.63) is 95.3 Å². The number of amides is 1. The summed E-state index contributed by atoms with van der Waals surface area (Å²) in [6.07, 6.45) is 4.50. The third-order valence-corrected chi connectivity index (χ3v) is 8.08. The summed E-state index contributed by atoms with van der Waals surface area (Å²) in [5, 5.41) is 13.3. The summed E-state index contributed by atoms with van der Waals surface area (Å²) in [6, 6.07) is 24.1. The third kappa shape index (κ3) is 5.54. The van der Waals surface area contributed by atoms with Crippen molar-refractivity contribution in [1.29, 1.82) is 5.26 Å². The highest BCUT2D eigenvalue weighted by atomic mass is 19.1. The number of nitrogens with one attached hydrogen (secondary N) is 1. The van der Waals surface area contributed by atoms with Gasteiger partial charge in [0, 0.05) is 31.1 Å². The number of hydrogen-bond donors (Lipinski definition) is 1. The van der Waals surface area contributed by atoms with Crippen molar-refractivity contribution < 1.29 is 9.18 Å². The first-order valence-corrected chi connectivity index (χ1v) is 14.0. The van der Waals surface area contributed by atoms with Gasteiger partial charge in [-0.2, -0.15) is 5.26 Å². The van der Waals surface area contributed by atoms with E-state index in [1.54, 1.807) is 24.3 Å². The number of hydrogen-bond acceptors (Lipinski definition) is 5. The van der Waals surface area contributed by atoms with E-state index in [1.807, 2.05) is 36.4 Å². The van der Waals surface area contributed by atoms with Crippen LogP contribution in [-0.2, 0) is 6.54 Å². The number of likely N-dealkylation sites (tertiary alicyclic amines) is 2. The Balaban J connectivity index is 1.36. The zero-order valence-corrected chi connectivity index (χ0v) is 22.4. The lowest BCUT2D eigenvalue weighted by Crippen LogP contribution is -2.42. The number of benzene rings is 3. The largest absolute Gasteiger partial charge is 0.366 e. The number of nitrogens with zero attached hydrogens (tertiary/aromatic N) is 4. The van der Waals surface area contributed by atoms with E-state index in [-0.39, 0.29) is 17.8 Å². The Hall–Kier alpha value is -4.28. The van der Waals surface area contributed by atoms with Crippen LogP contribution in [0.5, 0.6) is 0 Å². The molecule has 0 spiro atoms. The van der Waals surface area contributed by atoms with Crippen LogP contribution in [0.4, 0.5) is 10.2 Å². The lowest BCUT2D eigenvalue weighted by atomic mass is 9.99. The molecule has 6 nitrogen and oxygen atoms in total. The molecule has 1 amide bonds. The van der Waals surface area contributed by atoms with E-state index >= 15 is 0 Å². The average Bonchev–Trinajstić information content (AvgIpc) is 3.68.